The summed E-state index contributed by atoms with van der Waals surface area (Å²) in [5.41, 5.74) is 0.304. The lowest BCUT2D eigenvalue weighted by Gasteiger charge is -2.14. The molecule has 0 heterocycles. The number of hydrogen-bond acceptors (Lipinski definition) is 2. The van der Waals surface area contributed by atoms with Crippen molar-refractivity contribution in [1.82, 2.24) is 0 Å². The van der Waals surface area contributed by atoms with Crippen molar-refractivity contribution >= 4 is 27.5 Å². The predicted molar refractivity (Wildman–Crippen MR) is 67.3 cm³/mol. The van der Waals surface area contributed by atoms with Crippen LogP contribution < -0.4 is 5.32 Å². The minimum Gasteiger partial charge on any atom is -0.323 e. The van der Waals surface area contributed by atoms with Gasteiger partial charge in [-0.05, 0) is 24.1 Å². The quantitative estimate of drug-likeness (QED) is 0.872. The Morgan fingerprint density at radius 1 is 1.53 bits per heavy atom. The van der Waals surface area contributed by atoms with E-state index < -0.39 is 5.82 Å². The fraction of sp³-hybridized carbons (Fsp3) is 0.333. The first-order valence-electron chi connectivity index (χ1n) is 5.10. The second kappa shape index (κ2) is 5.78. The van der Waals surface area contributed by atoms with Gasteiger partial charge in [0.15, 0.2) is 0 Å². The third-order valence-corrected chi connectivity index (χ3v) is 3.66. The van der Waals surface area contributed by atoms with E-state index in [0.717, 1.165) is 6.07 Å². The van der Waals surface area contributed by atoms with Crippen LogP contribution in [0, 0.1) is 23.1 Å². The maximum absolute atomic E-state index is 13.5. The Bertz CT molecular complexity index is 468. The molecule has 3 nitrogen and oxygen atoms in total. The van der Waals surface area contributed by atoms with Gasteiger partial charge in [-0.3, -0.25) is 4.79 Å². The van der Waals surface area contributed by atoms with Gasteiger partial charge in [0.25, 0.3) is 0 Å². The summed E-state index contributed by atoms with van der Waals surface area (Å²) in [4.78, 5) is 11.3. The molecule has 0 saturated heterocycles. The molecule has 1 amide bonds. The Labute approximate surface area is 108 Å². The predicted octanol–water partition coefficient (Wildman–Crippen LogP) is 3.06. The van der Waals surface area contributed by atoms with Crippen molar-refractivity contribution in [2.45, 2.75) is 18.7 Å². The molecule has 17 heavy (non-hydrogen) atoms. The molecule has 0 spiro atoms. The molecular formula is C12H12BrFN2O. The van der Waals surface area contributed by atoms with E-state index in [1.54, 1.807) is 0 Å². The summed E-state index contributed by atoms with van der Waals surface area (Å²) in [5, 5.41) is 11.1. The first-order valence-corrected chi connectivity index (χ1v) is 6.02. The van der Waals surface area contributed by atoms with Crippen molar-refractivity contribution in [3.8, 4) is 6.07 Å². The number of carbonyl (C=O) groups is 1. The summed E-state index contributed by atoms with van der Waals surface area (Å²) in [5.74, 6) is -0.805. The molecule has 1 rings (SSSR count). The first-order chi connectivity index (χ1) is 7.95. The highest BCUT2D eigenvalue weighted by atomic mass is 79.9. The number of nitrogens with one attached hydrogen (secondary N) is 1. The van der Waals surface area contributed by atoms with Crippen molar-refractivity contribution in [2.75, 3.05) is 5.32 Å². The third kappa shape index (κ3) is 3.53. The second-order valence-electron chi connectivity index (χ2n) is 3.94. The van der Waals surface area contributed by atoms with E-state index in [4.69, 9.17) is 5.26 Å². The zero-order valence-electron chi connectivity index (χ0n) is 9.50. The Morgan fingerprint density at radius 2 is 2.18 bits per heavy atom. The molecule has 0 bridgehead atoms. The van der Waals surface area contributed by atoms with Gasteiger partial charge in [0.05, 0.1) is 22.1 Å². The first kappa shape index (κ1) is 13.7. The van der Waals surface area contributed by atoms with Gasteiger partial charge in [-0.1, -0.05) is 29.8 Å². The Balaban J connectivity index is 2.83. The Hall–Kier alpha value is -1.41. The number of halogens is 2. The molecule has 1 aromatic rings. The van der Waals surface area contributed by atoms with E-state index in [9.17, 15) is 9.18 Å². The Morgan fingerprint density at radius 3 is 2.65 bits per heavy atom. The van der Waals surface area contributed by atoms with E-state index in [1.165, 1.54) is 12.1 Å². The van der Waals surface area contributed by atoms with E-state index in [2.05, 4.69) is 21.2 Å². The Kier molecular flexibility index (Phi) is 4.64. The molecule has 1 N–H and O–H groups in total. The van der Waals surface area contributed by atoms with Crippen LogP contribution in [0.3, 0.4) is 0 Å². The molecule has 1 unspecified atom stereocenters. The summed E-state index contributed by atoms with van der Waals surface area (Å²) in [6, 6.07) is 5.76. The van der Waals surface area contributed by atoms with Gasteiger partial charge in [0.2, 0.25) is 5.91 Å². The minimum absolute atomic E-state index is 0.0825. The molecule has 0 aromatic heterocycles. The molecule has 1 atom stereocenters. The number of rotatable bonds is 3. The molecule has 90 valence electrons. The number of amides is 1. The lowest BCUT2D eigenvalue weighted by atomic mass is 10.1. The molecular weight excluding hydrogens is 287 g/mol. The van der Waals surface area contributed by atoms with E-state index >= 15 is 0 Å². The fourth-order valence-electron chi connectivity index (χ4n) is 1.19. The standard InChI is InChI=1S/C12H12BrFN2O/c1-7(2)11(13)12(17)16-10-4-3-8(6-15)5-9(10)14/h3-5,7,11H,1-2H3,(H,16,17). The highest BCUT2D eigenvalue weighted by molar-refractivity contribution is 9.10. The number of benzene rings is 1. The highest BCUT2D eigenvalue weighted by Gasteiger charge is 2.19. The topological polar surface area (TPSA) is 52.9 Å². The van der Waals surface area contributed by atoms with Crippen LogP contribution in [-0.2, 0) is 4.79 Å². The van der Waals surface area contributed by atoms with Crippen molar-refractivity contribution in [3.63, 3.8) is 0 Å². The number of nitrogens with zero attached hydrogens (tertiary/aromatic N) is 1. The zero-order valence-corrected chi connectivity index (χ0v) is 11.1. The second-order valence-corrected chi connectivity index (χ2v) is 4.93. The average molecular weight is 299 g/mol. The lowest BCUT2D eigenvalue weighted by Crippen LogP contribution is -2.27. The van der Waals surface area contributed by atoms with Crippen LogP contribution >= 0.6 is 15.9 Å². The number of anilines is 1. The van der Waals surface area contributed by atoms with Crippen LogP contribution in [0.1, 0.15) is 19.4 Å². The maximum atomic E-state index is 13.5. The van der Waals surface area contributed by atoms with Gasteiger partial charge in [-0.25, -0.2) is 4.39 Å². The molecule has 0 aliphatic carbocycles. The van der Waals surface area contributed by atoms with E-state index in [0.29, 0.717) is 0 Å². The molecule has 0 fully saturated rings. The van der Waals surface area contributed by atoms with Crippen LogP contribution in [0.15, 0.2) is 18.2 Å². The number of carbonyl (C=O) groups excluding carboxylic acids is 1. The largest absolute Gasteiger partial charge is 0.323 e. The van der Waals surface area contributed by atoms with Gasteiger partial charge in [-0.2, -0.15) is 5.26 Å². The molecule has 0 radical (unpaired) electrons. The summed E-state index contributed by atoms with van der Waals surface area (Å²) in [6.45, 7) is 3.77. The van der Waals surface area contributed by atoms with Crippen LogP contribution in [0.2, 0.25) is 0 Å². The van der Waals surface area contributed by atoms with Crippen molar-refractivity contribution in [2.24, 2.45) is 5.92 Å². The number of alkyl halides is 1. The van der Waals surface area contributed by atoms with Crippen LogP contribution in [-0.4, -0.2) is 10.7 Å². The summed E-state index contributed by atoms with van der Waals surface area (Å²) in [7, 11) is 0. The third-order valence-electron chi connectivity index (χ3n) is 2.19. The van der Waals surface area contributed by atoms with Crippen molar-refractivity contribution in [3.05, 3.63) is 29.6 Å². The van der Waals surface area contributed by atoms with E-state index in [1.807, 2.05) is 19.9 Å². The van der Waals surface area contributed by atoms with Crippen LogP contribution in [0.5, 0.6) is 0 Å². The maximum Gasteiger partial charge on any atom is 0.238 e. The van der Waals surface area contributed by atoms with Gasteiger partial charge in [-0.15, -0.1) is 0 Å². The fourth-order valence-corrected chi connectivity index (χ4v) is 1.30. The van der Waals surface area contributed by atoms with Gasteiger partial charge >= 0.3 is 0 Å². The SMILES string of the molecule is CC(C)C(Br)C(=O)Nc1ccc(C#N)cc1F. The number of nitriles is 1. The smallest absolute Gasteiger partial charge is 0.238 e. The van der Waals surface area contributed by atoms with Crippen LogP contribution in [0.4, 0.5) is 10.1 Å². The number of hydrogen-bond donors (Lipinski definition) is 1. The lowest BCUT2D eigenvalue weighted by molar-refractivity contribution is -0.116. The molecule has 1 aromatic carbocycles. The summed E-state index contributed by atoms with van der Waals surface area (Å²) < 4.78 is 13.5. The normalized spacial score (nSPS) is 12.0. The molecule has 0 saturated carbocycles. The van der Waals surface area contributed by atoms with Gasteiger partial charge < -0.3 is 5.32 Å². The van der Waals surface area contributed by atoms with E-state index in [-0.39, 0.29) is 27.9 Å². The zero-order chi connectivity index (χ0) is 13.0. The molecule has 0 aliphatic heterocycles. The average Bonchev–Trinajstić information content (AvgIpc) is 2.30. The summed E-state index contributed by atoms with van der Waals surface area (Å²) >= 11 is 3.23. The van der Waals surface area contributed by atoms with Crippen molar-refractivity contribution < 1.29 is 9.18 Å². The van der Waals surface area contributed by atoms with Crippen LogP contribution in [0.25, 0.3) is 0 Å². The van der Waals surface area contributed by atoms with Gasteiger partial charge in [0.1, 0.15) is 5.82 Å². The minimum atomic E-state index is -0.610. The molecule has 0 aliphatic rings. The monoisotopic (exact) mass is 298 g/mol. The van der Waals surface area contributed by atoms with Gasteiger partial charge in [0, 0.05) is 0 Å². The highest BCUT2D eigenvalue weighted by Crippen LogP contribution is 2.19. The summed E-state index contributed by atoms with van der Waals surface area (Å²) in [6.07, 6.45) is 0. The molecule has 5 heteroatoms. The van der Waals surface area contributed by atoms with Crippen molar-refractivity contribution in [1.29, 1.82) is 5.26 Å².